The van der Waals surface area contributed by atoms with E-state index >= 15 is 0 Å². The van der Waals surface area contributed by atoms with Crippen molar-refractivity contribution in [1.82, 2.24) is 8.80 Å². The van der Waals surface area contributed by atoms with Gasteiger partial charge >= 0.3 is 0 Å². The lowest BCUT2D eigenvalue weighted by Crippen LogP contribution is -1.85. The van der Waals surface area contributed by atoms with Gasteiger partial charge in [0.15, 0.2) is 0 Å². The minimum Gasteiger partial charge on any atom is -0.455 e. The highest BCUT2D eigenvalue weighted by molar-refractivity contribution is 6.45. The van der Waals surface area contributed by atoms with Gasteiger partial charge in [-0.3, -0.25) is 0 Å². The van der Waals surface area contributed by atoms with Gasteiger partial charge < -0.3 is 26.5 Å². The van der Waals surface area contributed by atoms with Gasteiger partial charge in [0, 0.05) is 108 Å². The fourth-order valence-corrected chi connectivity index (χ4v) is 15.2. The van der Waals surface area contributed by atoms with E-state index < -0.39 is 0 Å². The summed E-state index contributed by atoms with van der Waals surface area (Å²) in [6, 6.07) is 87.9. The number of rotatable bonds is 4. The molecular formula is C78H40N2O4. The van der Waals surface area contributed by atoms with Crippen LogP contribution in [0.3, 0.4) is 0 Å². The molecule has 6 nitrogen and oxygen atoms in total. The van der Waals surface area contributed by atoms with E-state index in [0.717, 1.165) is 154 Å². The number of hydrogen-bond donors (Lipinski definition) is 0. The molecule has 0 bridgehead atoms. The molecule has 8 heterocycles. The summed E-state index contributed by atoms with van der Waals surface area (Å²) in [5.41, 5.74) is 22.7. The third kappa shape index (κ3) is 5.37. The molecule has 0 saturated heterocycles. The highest BCUT2D eigenvalue weighted by Gasteiger charge is 2.31. The number of para-hydroxylation sites is 8. The first-order valence-electron chi connectivity index (χ1n) is 28.7. The maximum Gasteiger partial charge on any atom is 0.143 e. The van der Waals surface area contributed by atoms with Gasteiger partial charge in [-0.2, -0.15) is 0 Å². The standard InChI is InChI=1S/C78H40N2O4/c1-5-25-65-49(13-1)53-21-9-17-45(75(53)81-65)41-29-33-57-61(37-41)79-62-38-42(46-18-10-22-54-50-14-2-6-26-66(50)82-76(46)54)30-34-58(62)71-72-60-36-32-44(48-20-12-24-56-52-16-4-8-28-68(52)84-78(48)56)40-64(60)80-63-39-43(31-35-59(63)70(74(72)80)69(57)73(71)79)47-19-11-23-55-51-15-3-7-27-67(51)83-77(47)55/h1-40H. The predicted octanol–water partition coefficient (Wildman–Crippen LogP) is 22.3. The molecule has 84 heavy (non-hydrogen) atoms. The van der Waals surface area contributed by atoms with E-state index in [0.29, 0.717) is 0 Å². The van der Waals surface area contributed by atoms with Crippen LogP contribution in [-0.4, -0.2) is 8.80 Å². The summed E-state index contributed by atoms with van der Waals surface area (Å²) in [6.07, 6.45) is 0. The van der Waals surface area contributed by atoms with Crippen LogP contribution in [-0.2, 0) is 0 Å². The monoisotopic (exact) mass is 1070 g/mol. The van der Waals surface area contributed by atoms with Gasteiger partial charge in [-0.15, -0.1) is 0 Å². The summed E-state index contributed by atoms with van der Waals surface area (Å²) in [5.74, 6) is 0. The Morgan fingerprint density at radius 2 is 0.440 bits per heavy atom. The van der Waals surface area contributed by atoms with E-state index in [1.807, 2.05) is 24.3 Å². The van der Waals surface area contributed by atoms with Crippen LogP contribution in [0.15, 0.2) is 260 Å². The number of aromatic nitrogens is 2. The molecule has 0 N–H and O–H groups in total. The zero-order valence-corrected chi connectivity index (χ0v) is 44.6. The number of fused-ring (bicyclic) bond motifs is 26. The van der Waals surface area contributed by atoms with Crippen molar-refractivity contribution in [3.8, 4) is 44.5 Å². The van der Waals surface area contributed by atoms with Crippen molar-refractivity contribution in [1.29, 1.82) is 0 Å². The quantitative estimate of drug-likeness (QED) is 0.176. The normalized spacial score (nSPS) is 12.8. The minimum atomic E-state index is 0.885. The zero-order valence-electron chi connectivity index (χ0n) is 44.6. The van der Waals surface area contributed by atoms with E-state index in [1.54, 1.807) is 0 Å². The van der Waals surface area contributed by atoms with Gasteiger partial charge in [-0.1, -0.05) is 194 Å². The Labute approximate surface area is 475 Å². The molecule has 0 spiro atoms. The first kappa shape index (κ1) is 43.5. The lowest BCUT2D eigenvalue weighted by Gasteiger charge is -2.08. The van der Waals surface area contributed by atoms with E-state index in [1.165, 1.54) is 54.1 Å². The lowest BCUT2D eigenvalue weighted by molar-refractivity contribution is 0.669. The van der Waals surface area contributed by atoms with E-state index in [9.17, 15) is 0 Å². The van der Waals surface area contributed by atoms with Crippen LogP contribution in [0.4, 0.5) is 0 Å². The van der Waals surface area contributed by atoms with Crippen LogP contribution in [0.5, 0.6) is 0 Å². The molecule has 386 valence electrons. The van der Waals surface area contributed by atoms with Crippen molar-refractivity contribution >= 4 is 164 Å². The molecule has 13 aromatic carbocycles. The Morgan fingerprint density at radius 3 is 0.702 bits per heavy atom. The van der Waals surface area contributed by atoms with E-state index in [-0.39, 0.29) is 0 Å². The molecule has 21 rings (SSSR count). The second kappa shape index (κ2) is 15.4. The molecule has 0 amide bonds. The minimum absolute atomic E-state index is 0.885. The Morgan fingerprint density at radius 1 is 0.202 bits per heavy atom. The first-order chi connectivity index (χ1) is 41.7. The molecule has 0 aliphatic rings. The highest BCUT2D eigenvalue weighted by Crippen LogP contribution is 2.54. The van der Waals surface area contributed by atoms with Crippen molar-refractivity contribution < 1.29 is 17.7 Å². The van der Waals surface area contributed by atoms with Crippen LogP contribution in [0.25, 0.3) is 208 Å². The average molecular weight is 1070 g/mol. The van der Waals surface area contributed by atoms with Gasteiger partial charge in [0.25, 0.3) is 0 Å². The smallest absolute Gasteiger partial charge is 0.143 e. The molecule has 21 aromatic rings. The molecule has 0 atom stereocenters. The van der Waals surface area contributed by atoms with Gasteiger partial charge in [-0.05, 0) is 70.8 Å². The van der Waals surface area contributed by atoms with E-state index in [2.05, 4.69) is 227 Å². The highest BCUT2D eigenvalue weighted by atomic mass is 16.3. The fourth-order valence-electron chi connectivity index (χ4n) is 15.2. The maximum absolute atomic E-state index is 6.74. The molecule has 0 aliphatic carbocycles. The van der Waals surface area contributed by atoms with Gasteiger partial charge in [0.2, 0.25) is 0 Å². The van der Waals surface area contributed by atoms with Crippen LogP contribution in [0.2, 0.25) is 0 Å². The lowest BCUT2D eigenvalue weighted by atomic mass is 9.94. The van der Waals surface area contributed by atoms with Crippen LogP contribution >= 0.6 is 0 Å². The first-order valence-corrected chi connectivity index (χ1v) is 28.7. The summed E-state index contributed by atoms with van der Waals surface area (Å²) in [5, 5.41) is 18.6. The molecule has 0 radical (unpaired) electrons. The van der Waals surface area contributed by atoms with Crippen LogP contribution in [0, 0.1) is 0 Å². The summed E-state index contributed by atoms with van der Waals surface area (Å²) >= 11 is 0. The summed E-state index contributed by atoms with van der Waals surface area (Å²) in [7, 11) is 0. The van der Waals surface area contributed by atoms with Gasteiger partial charge in [-0.25, -0.2) is 0 Å². The second-order valence-corrected chi connectivity index (χ2v) is 22.9. The Balaban J connectivity index is 0.918. The van der Waals surface area contributed by atoms with Crippen LogP contribution < -0.4 is 0 Å². The summed E-state index contributed by atoms with van der Waals surface area (Å²) in [4.78, 5) is 0. The third-order valence-electron chi connectivity index (χ3n) is 18.8. The number of hydrogen-bond acceptors (Lipinski definition) is 4. The number of nitrogens with zero attached hydrogens (tertiary/aromatic N) is 2. The second-order valence-electron chi connectivity index (χ2n) is 22.9. The van der Waals surface area contributed by atoms with Gasteiger partial charge in [0.1, 0.15) is 44.7 Å². The summed E-state index contributed by atoms with van der Waals surface area (Å²) in [6.45, 7) is 0. The Hall–Kier alpha value is -11.3. The molecule has 0 saturated carbocycles. The van der Waals surface area contributed by atoms with Crippen molar-refractivity contribution in [2.45, 2.75) is 0 Å². The SMILES string of the molecule is c1ccc2c(c1)oc1c(-c3ccc4c5c6c7ccc(-c8cccc9c8oc8ccccc89)cc7n7c8cc(-c9cccc%10c9oc9ccccc9%10)ccc8c(c8c9ccc(-c%10cccc%11c%10oc%10ccccc%10%11)cc9n(c4c3)c58)c67)cccc12. The fraction of sp³-hybridized carbons (Fsp3) is 0. The zero-order chi connectivity index (χ0) is 54.2. The topological polar surface area (TPSA) is 61.4 Å². The summed E-state index contributed by atoms with van der Waals surface area (Å²) < 4.78 is 32.1. The maximum atomic E-state index is 6.74. The van der Waals surface area contributed by atoms with Crippen molar-refractivity contribution in [3.63, 3.8) is 0 Å². The average Bonchev–Trinajstić information content (AvgIpc) is 1.58. The largest absolute Gasteiger partial charge is 0.455 e. The molecule has 6 heteroatoms. The van der Waals surface area contributed by atoms with E-state index in [4.69, 9.17) is 17.7 Å². The van der Waals surface area contributed by atoms with Crippen molar-refractivity contribution in [2.75, 3.05) is 0 Å². The number of furan rings is 4. The van der Waals surface area contributed by atoms with Crippen LogP contribution in [0.1, 0.15) is 0 Å². The Kier molecular flexibility index (Phi) is 7.94. The molecule has 0 unspecified atom stereocenters. The third-order valence-corrected chi connectivity index (χ3v) is 18.8. The van der Waals surface area contributed by atoms with Crippen molar-refractivity contribution in [2.24, 2.45) is 0 Å². The molecular weight excluding hydrogens is 1030 g/mol. The Bertz CT molecular complexity index is 5710. The molecule has 0 fully saturated rings. The van der Waals surface area contributed by atoms with Gasteiger partial charge in [0.05, 0.1) is 33.1 Å². The van der Waals surface area contributed by atoms with Crippen molar-refractivity contribution in [3.05, 3.63) is 243 Å². The molecule has 8 aromatic heterocycles. The number of benzene rings is 13. The predicted molar refractivity (Wildman–Crippen MR) is 347 cm³/mol. The molecule has 0 aliphatic heterocycles.